The van der Waals surface area contributed by atoms with E-state index >= 15 is 0 Å². The summed E-state index contributed by atoms with van der Waals surface area (Å²) in [5, 5.41) is 3.06. The Morgan fingerprint density at radius 1 is 1.50 bits per heavy atom. The molecule has 2 rings (SSSR count). The van der Waals surface area contributed by atoms with Crippen molar-refractivity contribution in [1.82, 2.24) is 0 Å². The van der Waals surface area contributed by atoms with E-state index in [1.165, 1.54) is 0 Å². The van der Waals surface area contributed by atoms with E-state index in [1.54, 1.807) is 7.11 Å². The van der Waals surface area contributed by atoms with E-state index in [9.17, 15) is 4.79 Å². The third-order valence-electron chi connectivity index (χ3n) is 4.39. The summed E-state index contributed by atoms with van der Waals surface area (Å²) in [6.45, 7) is 2.61. The summed E-state index contributed by atoms with van der Waals surface area (Å²) in [5.74, 6) is 0.0346. The molecule has 0 radical (unpaired) electrons. The minimum Gasteiger partial charge on any atom is -0.384 e. The molecule has 0 heterocycles. The van der Waals surface area contributed by atoms with Crippen molar-refractivity contribution >= 4 is 11.6 Å². The van der Waals surface area contributed by atoms with E-state index in [0.29, 0.717) is 6.61 Å². The van der Waals surface area contributed by atoms with Crippen LogP contribution in [0.15, 0.2) is 24.3 Å². The zero-order valence-corrected chi connectivity index (χ0v) is 12.3. The third-order valence-corrected chi connectivity index (χ3v) is 4.39. The Morgan fingerprint density at radius 2 is 2.25 bits per heavy atom. The molecule has 4 heteroatoms. The second kappa shape index (κ2) is 6.37. The lowest BCUT2D eigenvalue weighted by molar-refractivity contribution is -0.125. The van der Waals surface area contributed by atoms with Gasteiger partial charge in [0.1, 0.15) is 0 Å². The van der Waals surface area contributed by atoms with Crippen LogP contribution in [0, 0.1) is 5.41 Å². The fourth-order valence-corrected chi connectivity index (χ4v) is 2.81. The number of anilines is 1. The van der Waals surface area contributed by atoms with Gasteiger partial charge in [0.05, 0.1) is 12.0 Å². The molecule has 1 saturated carbocycles. The van der Waals surface area contributed by atoms with E-state index in [-0.39, 0.29) is 11.9 Å². The highest BCUT2D eigenvalue weighted by Crippen LogP contribution is 2.37. The van der Waals surface area contributed by atoms with Crippen LogP contribution in [0.1, 0.15) is 31.7 Å². The zero-order chi connectivity index (χ0) is 14.6. The number of rotatable bonds is 5. The molecule has 3 N–H and O–H groups in total. The maximum atomic E-state index is 12.6. The summed E-state index contributed by atoms with van der Waals surface area (Å²) < 4.78 is 5.11. The Kier molecular flexibility index (Phi) is 4.78. The molecule has 1 amide bonds. The van der Waals surface area contributed by atoms with Gasteiger partial charge in [0.15, 0.2) is 0 Å². The molecule has 1 aromatic carbocycles. The second-order valence-corrected chi connectivity index (χ2v) is 5.77. The van der Waals surface area contributed by atoms with Gasteiger partial charge in [-0.3, -0.25) is 4.79 Å². The molecule has 0 spiro atoms. The average Bonchev–Trinajstić information content (AvgIpc) is 2.79. The number of para-hydroxylation sites is 1. The monoisotopic (exact) mass is 276 g/mol. The molecule has 4 nitrogen and oxygen atoms in total. The predicted molar refractivity (Wildman–Crippen MR) is 80.6 cm³/mol. The number of hydrogen-bond acceptors (Lipinski definition) is 3. The minimum absolute atomic E-state index is 0.0346. The Hall–Kier alpha value is -1.39. The number of nitrogens with one attached hydrogen (secondary N) is 1. The summed E-state index contributed by atoms with van der Waals surface area (Å²) >= 11 is 0. The molecular formula is C16H24N2O2. The molecule has 0 saturated heterocycles. The van der Waals surface area contributed by atoms with Crippen molar-refractivity contribution < 1.29 is 9.53 Å². The Bertz CT molecular complexity index is 475. The first kappa shape index (κ1) is 15.0. The van der Waals surface area contributed by atoms with Gasteiger partial charge in [0.2, 0.25) is 5.91 Å². The van der Waals surface area contributed by atoms with Gasteiger partial charge in [-0.25, -0.2) is 0 Å². The largest absolute Gasteiger partial charge is 0.384 e. The van der Waals surface area contributed by atoms with Gasteiger partial charge in [-0.05, 0) is 37.8 Å². The number of carbonyl (C=O) groups excluding carboxylic acids is 1. The van der Waals surface area contributed by atoms with E-state index < -0.39 is 5.41 Å². The fraction of sp³-hybridized carbons (Fsp3) is 0.562. The van der Waals surface area contributed by atoms with E-state index in [4.69, 9.17) is 10.5 Å². The highest BCUT2D eigenvalue weighted by atomic mass is 16.5. The summed E-state index contributed by atoms with van der Waals surface area (Å²) in [6.07, 6.45) is 3.60. The van der Waals surface area contributed by atoms with Crippen LogP contribution in [0.4, 0.5) is 5.69 Å². The molecule has 110 valence electrons. The van der Waals surface area contributed by atoms with Gasteiger partial charge < -0.3 is 15.8 Å². The molecule has 0 bridgehead atoms. The number of nitrogens with two attached hydrogens (primary N) is 1. The SMILES string of the molecule is COCCc1ccccc1NC(=O)C1(C)CCCC1N. The molecule has 1 aliphatic rings. The molecule has 2 atom stereocenters. The summed E-state index contributed by atoms with van der Waals surface area (Å²) in [4.78, 5) is 12.6. The lowest BCUT2D eigenvalue weighted by Crippen LogP contribution is -2.44. The smallest absolute Gasteiger partial charge is 0.231 e. The first-order valence-corrected chi connectivity index (χ1v) is 7.22. The molecular weight excluding hydrogens is 252 g/mol. The predicted octanol–water partition coefficient (Wildman–Crippen LogP) is 2.33. The molecule has 20 heavy (non-hydrogen) atoms. The van der Waals surface area contributed by atoms with Gasteiger partial charge in [-0.15, -0.1) is 0 Å². The minimum atomic E-state index is -0.450. The fourth-order valence-electron chi connectivity index (χ4n) is 2.81. The van der Waals surface area contributed by atoms with Crippen LogP contribution in [-0.4, -0.2) is 25.7 Å². The number of methoxy groups -OCH3 is 1. The second-order valence-electron chi connectivity index (χ2n) is 5.77. The topological polar surface area (TPSA) is 64.3 Å². The first-order valence-electron chi connectivity index (χ1n) is 7.22. The Morgan fingerprint density at radius 3 is 2.90 bits per heavy atom. The number of carbonyl (C=O) groups is 1. The van der Waals surface area contributed by atoms with Crippen LogP contribution in [0.5, 0.6) is 0 Å². The van der Waals surface area contributed by atoms with Gasteiger partial charge >= 0.3 is 0 Å². The van der Waals surface area contributed by atoms with Gasteiger partial charge in [0.25, 0.3) is 0 Å². The van der Waals surface area contributed by atoms with Crippen molar-refractivity contribution in [2.75, 3.05) is 19.0 Å². The van der Waals surface area contributed by atoms with Crippen molar-refractivity contribution in [2.45, 2.75) is 38.6 Å². The van der Waals surface area contributed by atoms with Crippen molar-refractivity contribution in [3.63, 3.8) is 0 Å². The Labute approximate surface area is 120 Å². The van der Waals surface area contributed by atoms with E-state index in [0.717, 1.165) is 36.9 Å². The third kappa shape index (κ3) is 3.02. The van der Waals surface area contributed by atoms with Crippen molar-refractivity contribution in [1.29, 1.82) is 0 Å². The van der Waals surface area contributed by atoms with Crippen LogP contribution < -0.4 is 11.1 Å². The lowest BCUT2D eigenvalue weighted by Gasteiger charge is -2.28. The maximum Gasteiger partial charge on any atom is 0.231 e. The van der Waals surface area contributed by atoms with Gasteiger partial charge in [-0.1, -0.05) is 24.6 Å². The summed E-state index contributed by atoms with van der Waals surface area (Å²) in [6, 6.07) is 7.82. The molecule has 1 fully saturated rings. The zero-order valence-electron chi connectivity index (χ0n) is 12.3. The van der Waals surface area contributed by atoms with Crippen LogP contribution in [0.2, 0.25) is 0 Å². The molecule has 1 aliphatic carbocycles. The van der Waals surface area contributed by atoms with Crippen LogP contribution in [0.3, 0.4) is 0 Å². The molecule has 1 aromatic rings. The van der Waals surface area contributed by atoms with Crippen molar-refractivity contribution in [3.8, 4) is 0 Å². The number of ether oxygens (including phenoxy) is 1. The number of hydrogen-bond donors (Lipinski definition) is 2. The van der Waals surface area contributed by atoms with Crippen molar-refractivity contribution in [3.05, 3.63) is 29.8 Å². The van der Waals surface area contributed by atoms with Crippen LogP contribution in [-0.2, 0) is 16.0 Å². The van der Waals surface area contributed by atoms with Gasteiger partial charge in [-0.2, -0.15) is 0 Å². The first-order chi connectivity index (χ1) is 9.58. The molecule has 0 aliphatic heterocycles. The van der Waals surface area contributed by atoms with Crippen molar-refractivity contribution in [2.24, 2.45) is 11.1 Å². The van der Waals surface area contributed by atoms with E-state index in [2.05, 4.69) is 5.32 Å². The van der Waals surface area contributed by atoms with Gasteiger partial charge in [0, 0.05) is 18.8 Å². The van der Waals surface area contributed by atoms with E-state index in [1.807, 2.05) is 31.2 Å². The number of benzene rings is 1. The maximum absolute atomic E-state index is 12.6. The molecule has 2 unspecified atom stereocenters. The number of amides is 1. The summed E-state index contributed by atoms with van der Waals surface area (Å²) in [5.41, 5.74) is 7.62. The standard InChI is InChI=1S/C16H24N2O2/c1-16(10-5-8-14(16)17)15(19)18-13-7-4-3-6-12(13)9-11-20-2/h3-4,6-7,14H,5,8-11,17H2,1-2H3,(H,18,19). The highest BCUT2D eigenvalue weighted by Gasteiger charge is 2.43. The highest BCUT2D eigenvalue weighted by molar-refractivity contribution is 5.96. The quantitative estimate of drug-likeness (QED) is 0.867. The Balaban J connectivity index is 2.11. The normalized spacial score (nSPS) is 25.6. The van der Waals surface area contributed by atoms with Crippen LogP contribution in [0.25, 0.3) is 0 Å². The average molecular weight is 276 g/mol. The summed E-state index contributed by atoms with van der Waals surface area (Å²) in [7, 11) is 1.68. The van der Waals surface area contributed by atoms with Crippen LogP contribution >= 0.6 is 0 Å². The molecule has 0 aromatic heterocycles. The lowest BCUT2D eigenvalue weighted by atomic mass is 9.84.